The van der Waals surface area contributed by atoms with E-state index in [1.165, 1.54) is 7.11 Å². The first-order valence-electron chi connectivity index (χ1n) is 9.17. The third-order valence-corrected chi connectivity index (χ3v) is 4.66. The highest BCUT2D eigenvalue weighted by molar-refractivity contribution is 14.0. The van der Waals surface area contributed by atoms with E-state index in [0.29, 0.717) is 24.6 Å². The summed E-state index contributed by atoms with van der Waals surface area (Å²) in [6, 6.07) is 5.33. The second-order valence-corrected chi connectivity index (χ2v) is 6.48. The smallest absolute Gasteiger partial charge is 0.220 e. The van der Waals surface area contributed by atoms with E-state index in [1.807, 2.05) is 13.0 Å². The average Bonchev–Trinajstić information content (AvgIpc) is 2.66. The van der Waals surface area contributed by atoms with Gasteiger partial charge in [-0.15, -0.1) is 24.0 Å². The molecule has 3 N–H and O–H groups in total. The fourth-order valence-electron chi connectivity index (χ4n) is 3.14. The van der Waals surface area contributed by atoms with E-state index in [-0.39, 0.29) is 35.6 Å². The first-order valence-corrected chi connectivity index (χ1v) is 9.17. The van der Waals surface area contributed by atoms with E-state index in [1.54, 1.807) is 19.2 Å². The highest BCUT2D eigenvalue weighted by atomic mass is 127. The Morgan fingerprint density at radius 1 is 1.37 bits per heavy atom. The number of guanidine groups is 1. The van der Waals surface area contributed by atoms with Crippen LogP contribution in [-0.2, 0) is 11.3 Å². The predicted molar refractivity (Wildman–Crippen MR) is 118 cm³/mol. The number of aromatic hydroxyl groups is 1. The van der Waals surface area contributed by atoms with E-state index in [2.05, 4.69) is 15.5 Å². The van der Waals surface area contributed by atoms with E-state index < -0.39 is 0 Å². The highest BCUT2D eigenvalue weighted by Gasteiger charge is 2.23. The first kappa shape index (κ1) is 23.3. The summed E-state index contributed by atoms with van der Waals surface area (Å²) in [5, 5.41) is 15.9. The number of benzene rings is 1. The molecule has 152 valence electrons. The zero-order chi connectivity index (χ0) is 18.9. The zero-order valence-corrected chi connectivity index (χ0v) is 18.7. The molecule has 0 radical (unpaired) electrons. The lowest BCUT2D eigenvalue weighted by Gasteiger charge is -2.34. The molecule has 0 atom stereocenters. The molecule has 0 aliphatic carbocycles. The third-order valence-electron chi connectivity index (χ3n) is 4.66. The van der Waals surface area contributed by atoms with Crippen molar-refractivity contribution in [2.75, 3.05) is 33.8 Å². The molecular formula is C19H31IN4O3. The van der Waals surface area contributed by atoms with Crippen LogP contribution in [0.5, 0.6) is 11.5 Å². The van der Waals surface area contributed by atoms with Gasteiger partial charge in [0.2, 0.25) is 5.91 Å². The molecule has 1 aromatic carbocycles. The normalized spacial score (nSPS) is 15.1. The lowest BCUT2D eigenvalue weighted by Crippen LogP contribution is -2.46. The number of ether oxygens (including phenoxy) is 1. The number of hydrogen-bond acceptors (Lipinski definition) is 4. The Morgan fingerprint density at radius 3 is 2.63 bits per heavy atom. The van der Waals surface area contributed by atoms with Gasteiger partial charge in [-0.1, -0.05) is 6.07 Å². The number of carbonyl (C=O) groups is 1. The zero-order valence-electron chi connectivity index (χ0n) is 16.3. The van der Waals surface area contributed by atoms with Crippen molar-refractivity contribution in [2.45, 2.75) is 32.7 Å². The topological polar surface area (TPSA) is 86.2 Å². The van der Waals surface area contributed by atoms with Crippen LogP contribution in [0.3, 0.4) is 0 Å². The molecule has 1 heterocycles. The number of nitrogens with zero attached hydrogens (tertiary/aromatic N) is 2. The number of hydrogen-bond donors (Lipinski definition) is 3. The van der Waals surface area contributed by atoms with Crippen LogP contribution in [0.1, 0.15) is 31.7 Å². The van der Waals surface area contributed by atoms with Crippen molar-refractivity contribution in [3.63, 3.8) is 0 Å². The third kappa shape index (κ3) is 7.08. The number of amides is 1. The Morgan fingerprint density at radius 2 is 2.07 bits per heavy atom. The van der Waals surface area contributed by atoms with Gasteiger partial charge in [-0.3, -0.25) is 4.79 Å². The average molecular weight is 490 g/mol. The molecule has 1 aliphatic rings. The van der Waals surface area contributed by atoms with Gasteiger partial charge in [0.05, 0.1) is 13.7 Å². The Hall–Kier alpha value is -1.71. The standard InChI is InChI=1S/C19H30N4O3.HI/c1-4-21-19(22-13-15-5-6-17(26-3)16(24)11-15)23-9-7-14(8-10-23)12-18(25)20-2;/h5-6,11,14,24H,4,7-10,12-13H2,1-3H3,(H,20,25)(H,21,22);1H. The first-order chi connectivity index (χ1) is 12.6. The van der Waals surface area contributed by atoms with Crippen molar-refractivity contribution in [1.29, 1.82) is 0 Å². The number of halogens is 1. The van der Waals surface area contributed by atoms with Crippen LogP contribution < -0.4 is 15.4 Å². The maximum absolute atomic E-state index is 11.5. The molecule has 0 bridgehead atoms. The number of carbonyl (C=O) groups excluding carboxylic acids is 1. The van der Waals surface area contributed by atoms with E-state index in [9.17, 15) is 9.90 Å². The number of methoxy groups -OCH3 is 1. The minimum Gasteiger partial charge on any atom is -0.504 e. The molecule has 27 heavy (non-hydrogen) atoms. The summed E-state index contributed by atoms with van der Waals surface area (Å²) < 4.78 is 5.07. The molecular weight excluding hydrogens is 459 g/mol. The van der Waals surface area contributed by atoms with Crippen LogP contribution in [0.15, 0.2) is 23.2 Å². The second-order valence-electron chi connectivity index (χ2n) is 6.48. The summed E-state index contributed by atoms with van der Waals surface area (Å²) in [4.78, 5) is 18.5. The maximum atomic E-state index is 11.5. The number of phenolic OH excluding ortho intramolecular Hbond substituents is 1. The highest BCUT2D eigenvalue weighted by Crippen LogP contribution is 2.26. The monoisotopic (exact) mass is 490 g/mol. The molecule has 0 aromatic heterocycles. The van der Waals surface area contributed by atoms with Crippen LogP contribution in [0.2, 0.25) is 0 Å². The second kappa shape index (κ2) is 11.9. The SMILES string of the molecule is CCNC(=NCc1ccc(OC)c(O)c1)N1CCC(CC(=O)NC)CC1.I. The summed E-state index contributed by atoms with van der Waals surface area (Å²) in [6.45, 7) is 5.11. The van der Waals surface area contributed by atoms with Crippen molar-refractivity contribution < 1.29 is 14.6 Å². The Labute approximate surface area is 178 Å². The van der Waals surface area contributed by atoms with Crippen molar-refractivity contribution >= 4 is 35.8 Å². The Kier molecular flexibility index (Phi) is 10.3. The lowest BCUT2D eigenvalue weighted by molar-refractivity contribution is -0.121. The van der Waals surface area contributed by atoms with Crippen LogP contribution in [-0.4, -0.2) is 55.7 Å². The Balaban J connectivity index is 0.00000364. The van der Waals surface area contributed by atoms with Gasteiger partial charge in [-0.25, -0.2) is 4.99 Å². The summed E-state index contributed by atoms with van der Waals surface area (Å²) in [5.74, 6) is 2.01. The van der Waals surface area contributed by atoms with Gasteiger partial charge in [0.1, 0.15) is 0 Å². The van der Waals surface area contributed by atoms with E-state index >= 15 is 0 Å². The van der Waals surface area contributed by atoms with Gasteiger partial charge in [0, 0.05) is 33.1 Å². The van der Waals surface area contributed by atoms with Gasteiger partial charge >= 0.3 is 0 Å². The Bertz CT molecular complexity index is 631. The van der Waals surface area contributed by atoms with Crippen LogP contribution in [0.25, 0.3) is 0 Å². The molecule has 0 spiro atoms. The summed E-state index contributed by atoms with van der Waals surface area (Å²) in [6.07, 6.45) is 2.57. The maximum Gasteiger partial charge on any atom is 0.220 e. The lowest BCUT2D eigenvalue weighted by atomic mass is 9.93. The van der Waals surface area contributed by atoms with Gasteiger partial charge in [-0.05, 0) is 43.4 Å². The molecule has 1 aliphatic heterocycles. The largest absolute Gasteiger partial charge is 0.504 e. The molecule has 0 unspecified atom stereocenters. The number of rotatable bonds is 6. The molecule has 1 fully saturated rings. The van der Waals surface area contributed by atoms with Gasteiger partial charge in [0.15, 0.2) is 17.5 Å². The molecule has 8 heteroatoms. The predicted octanol–water partition coefficient (Wildman–Crippen LogP) is 2.33. The molecule has 7 nitrogen and oxygen atoms in total. The minimum atomic E-state index is 0. The fourth-order valence-corrected chi connectivity index (χ4v) is 3.14. The van der Waals surface area contributed by atoms with Gasteiger partial charge in [0.25, 0.3) is 0 Å². The van der Waals surface area contributed by atoms with Crippen LogP contribution >= 0.6 is 24.0 Å². The van der Waals surface area contributed by atoms with Crippen LogP contribution in [0.4, 0.5) is 0 Å². The number of phenols is 1. The van der Waals surface area contributed by atoms with Crippen LogP contribution in [0, 0.1) is 5.92 Å². The molecule has 2 rings (SSSR count). The van der Waals surface area contributed by atoms with E-state index in [4.69, 9.17) is 9.73 Å². The summed E-state index contributed by atoms with van der Waals surface area (Å²) in [7, 11) is 3.22. The number of likely N-dealkylation sites (tertiary alicyclic amines) is 1. The van der Waals surface area contributed by atoms with Crippen molar-refractivity contribution in [2.24, 2.45) is 10.9 Å². The van der Waals surface area contributed by atoms with Gasteiger partial charge < -0.3 is 25.4 Å². The van der Waals surface area contributed by atoms with Crippen molar-refractivity contribution in [3.8, 4) is 11.5 Å². The molecule has 1 saturated heterocycles. The molecule has 1 aromatic rings. The molecule has 1 amide bonds. The summed E-state index contributed by atoms with van der Waals surface area (Å²) >= 11 is 0. The number of nitrogens with one attached hydrogen (secondary N) is 2. The number of piperidine rings is 1. The van der Waals surface area contributed by atoms with Gasteiger partial charge in [-0.2, -0.15) is 0 Å². The quantitative estimate of drug-likeness (QED) is 0.324. The van der Waals surface area contributed by atoms with Crippen molar-refractivity contribution in [3.05, 3.63) is 23.8 Å². The summed E-state index contributed by atoms with van der Waals surface area (Å²) in [5.41, 5.74) is 0.924. The molecule has 0 saturated carbocycles. The van der Waals surface area contributed by atoms with E-state index in [0.717, 1.165) is 44.0 Å². The fraction of sp³-hybridized carbons (Fsp3) is 0.579. The van der Waals surface area contributed by atoms with Crippen molar-refractivity contribution in [1.82, 2.24) is 15.5 Å². The minimum absolute atomic E-state index is 0. The number of aliphatic imine (C=N–C) groups is 1.